The van der Waals surface area contributed by atoms with Gasteiger partial charge in [0.2, 0.25) is 0 Å². The zero-order valence-electron chi connectivity index (χ0n) is 11.6. The van der Waals surface area contributed by atoms with Crippen LogP contribution in [0.2, 0.25) is 0 Å². The lowest BCUT2D eigenvalue weighted by atomic mass is 9.51. The van der Waals surface area contributed by atoms with E-state index in [9.17, 15) is 4.79 Å². The van der Waals surface area contributed by atoms with E-state index in [4.69, 9.17) is 11.6 Å². The Morgan fingerprint density at radius 1 is 1.33 bits per heavy atom. The van der Waals surface area contributed by atoms with Crippen LogP contribution in [0.25, 0.3) is 0 Å². The lowest BCUT2D eigenvalue weighted by molar-refractivity contribution is -0.120. The predicted octanol–water partition coefficient (Wildman–Crippen LogP) is 4.86. The fraction of sp³-hybridized carbons (Fsp3) is 0.800. The molecule has 1 saturated carbocycles. The number of hydrogen-bond donors (Lipinski definition) is 0. The zero-order chi connectivity index (χ0) is 13.8. The molecule has 1 fully saturated rings. The van der Waals surface area contributed by atoms with Gasteiger partial charge in [-0.05, 0) is 50.0 Å². The fourth-order valence-corrected chi connectivity index (χ4v) is 4.51. The Labute approximate surface area is 123 Å². The average Bonchev–Trinajstić information content (AvgIpc) is 2.19. The van der Waals surface area contributed by atoms with Crippen LogP contribution in [-0.2, 0) is 4.79 Å². The number of carbonyl (C=O) groups is 1. The van der Waals surface area contributed by atoms with Crippen LogP contribution < -0.4 is 0 Å². The van der Waals surface area contributed by atoms with Crippen molar-refractivity contribution in [2.75, 3.05) is 0 Å². The molecule has 0 aromatic heterocycles. The second-order valence-electron chi connectivity index (χ2n) is 6.89. The molecule has 1 spiro atoms. The first-order chi connectivity index (χ1) is 8.11. The molecule has 0 aliphatic heterocycles. The van der Waals surface area contributed by atoms with Gasteiger partial charge in [-0.3, -0.25) is 4.79 Å². The van der Waals surface area contributed by atoms with Crippen molar-refractivity contribution in [3.05, 3.63) is 11.6 Å². The molecule has 3 heteroatoms. The Morgan fingerprint density at radius 3 is 2.44 bits per heavy atom. The third-order valence-electron chi connectivity index (χ3n) is 5.27. The molecule has 2 aliphatic rings. The first-order valence-electron chi connectivity index (χ1n) is 6.65. The van der Waals surface area contributed by atoms with Crippen molar-refractivity contribution in [3.8, 4) is 0 Å². The maximum Gasteiger partial charge on any atom is 0.156 e. The summed E-state index contributed by atoms with van der Waals surface area (Å²) in [6, 6.07) is 0. The van der Waals surface area contributed by atoms with Gasteiger partial charge in [0.25, 0.3) is 0 Å². The number of rotatable bonds is 0. The van der Waals surface area contributed by atoms with Crippen LogP contribution in [0.4, 0.5) is 0 Å². The molecule has 2 aliphatic carbocycles. The van der Waals surface area contributed by atoms with Gasteiger partial charge in [-0.1, -0.05) is 35.4 Å². The zero-order valence-corrected chi connectivity index (χ0v) is 14.0. The van der Waals surface area contributed by atoms with Gasteiger partial charge in [-0.15, -0.1) is 11.6 Å². The Bertz CT molecular complexity index is 411. The second kappa shape index (κ2) is 4.34. The lowest BCUT2D eigenvalue weighted by Gasteiger charge is -2.56. The quantitative estimate of drug-likeness (QED) is 0.578. The van der Waals surface area contributed by atoms with Crippen molar-refractivity contribution in [2.45, 2.75) is 63.1 Å². The van der Waals surface area contributed by atoms with Gasteiger partial charge in [-0.25, -0.2) is 0 Å². The smallest absolute Gasteiger partial charge is 0.156 e. The van der Waals surface area contributed by atoms with Crippen molar-refractivity contribution < 1.29 is 4.79 Å². The van der Waals surface area contributed by atoms with Crippen LogP contribution in [-0.4, -0.2) is 15.5 Å². The Morgan fingerprint density at radius 2 is 1.94 bits per heavy atom. The molecule has 0 amide bonds. The highest BCUT2D eigenvalue weighted by atomic mass is 79.9. The summed E-state index contributed by atoms with van der Waals surface area (Å²) in [5.74, 6) is 0.265. The minimum Gasteiger partial charge on any atom is -0.295 e. The van der Waals surface area contributed by atoms with E-state index in [1.165, 1.54) is 5.57 Å². The molecule has 0 N–H and O–H groups in total. The molecular weight excluding hydrogens is 312 g/mol. The molecule has 0 saturated heterocycles. The Hall–Kier alpha value is 0.180. The summed E-state index contributed by atoms with van der Waals surface area (Å²) >= 11 is 10.4. The van der Waals surface area contributed by atoms with Gasteiger partial charge in [0.05, 0.1) is 0 Å². The van der Waals surface area contributed by atoms with E-state index in [1.54, 1.807) is 0 Å². The normalized spacial score (nSPS) is 44.0. The molecule has 0 heterocycles. The highest BCUT2D eigenvalue weighted by Crippen LogP contribution is 2.61. The number of hydrogen-bond acceptors (Lipinski definition) is 1. The number of alkyl halides is 2. The minimum absolute atomic E-state index is 0.0134. The second-order valence-corrected chi connectivity index (χ2v) is 9.22. The first-order valence-corrected chi connectivity index (χ1v) is 7.88. The van der Waals surface area contributed by atoms with Gasteiger partial charge in [0, 0.05) is 16.1 Å². The molecule has 0 unspecified atom stereocenters. The molecular formula is C15H22BrClO. The van der Waals surface area contributed by atoms with Gasteiger partial charge >= 0.3 is 0 Å². The maximum atomic E-state index is 11.8. The predicted molar refractivity (Wildman–Crippen MR) is 80.4 cm³/mol. The van der Waals surface area contributed by atoms with Crippen molar-refractivity contribution in [2.24, 2.45) is 10.8 Å². The van der Waals surface area contributed by atoms with Gasteiger partial charge in [-0.2, -0.15) is 0 Å². The fourth-order valence-electron chi connectivity index (χ4n) is 3.78. The van der Waals surface area contributed by atoms with Crippen molar-refractivity contribution in [1.82, 2.24) is 0 Å². The van der Waals surface area contributed by atoms with Crippen LogP contribution in [0, 0.1) is 10.8 Å². The molecule has 102 valence electrons. The van der Waals surface area contributed by atoms with Crippen LogP contribution in [0.5, 0.6) is 0 Å². The standard InChI is InChI=1S/C15H22BrClO/c1-10-7-11(18)8-13(2,3)15(10)6-5-14(4,16)12(17)9-15/h7,12H,5-6,8-9H2,1-4H3/t12-,14-,15+/m1/s1. The highest BCUT2D eigenvalue weighted by molar-refractivity contribution is 9.10. The lowest BCUT2D eigenvalue weighted by Crippen LogP contribution is -2.51. The summed E-state index contributed by atoms with van der Waals surface area (Å²) in [6.45, 7) is 8.74. The summed E-state index contributed by atoms with van der Waals surface area (Å²) in [4.78, 5) is 11.8. The third-order valence-corrected chi connectivity index (χ3v) is 7.11. The monoisotopic (exact) mass is 332 g/mol. The molecule has 18 heavy (non-hydrogen) atoms. The van der Waals surface area contributed by atoms with E-state index in [1.807, 2.05) is 6.08 Å². The van der Waals surface area contributed by atoms with E-state index in [0.29, 0.717) is 6.42 Å². The van der Waals surface area contributed by atoms with Crippen LogP contribution in [0.1, 0.15) is 53.4 Å². The number of allylic oxidation sites excluding steroid dienone is 2. The SMILES string of the molecule is CC1=CC(=O)CC(C)(C)[C@]12CC[C@@](C)(Br)[C@H](Cl)C2. The molecule has 2 rings (SSSR count). The topological polar surface area (TPSA) is 17.1 Å². The molecule has 0 aromatic carbocycles. The van der Waals surface area contributed by atoms with E-state index < -0.39 is 0 Å². The van der Waals surface area contributed by atoms with E-state index in [2.05, 4.69) is 43.6 Å². The van der Waals surface area contributed by atoms with Crippen molar-refractivity contribution >= 4 is 33.3 Å². The van der Waals surface area contributed by atoms with E-state index >= 15 is 0 Å². The summed E-state index contributed by atoms with van der Waals surface area (Å²) in [5.41, 5.74) is 1.34. The minimum atomic E-state index is 0.0134. The first kappa shape index (κ1) is 14.6. The van der Waals surface area contributed by atoms with Gasteiger partial charge in [0.1, 0.15) is 0 Å². The van der Waals surface area contributed by atoms with E-state index in [0.717, 1.165) is 19.3 Å². The number of ketones is 1. The highest BCUT2D eigenvalue weighted by Gasteiger charge is 2.55. The Balaban J connectivity index is 2.42. The van der Waals surface area contributed by atoms with E-state index in [-0.39, 0.29) is 26.3 Å². The van der Waals surface area contributed by atoms with Crippen LogP contribution >= 0.6 is 27.5 Å². The molecule has 1 nitrogen and oxygen atoms in total. The van der Waals surface area contributed by atoms with Gasteiger partial charge < -0.3 is 0 Å². The molecule has 0 aromatic rings. The number of halogens is 2. The van der Waals surface area contributed by atoms with Crippen LogP contribution in [0.3, 0.4) is 0 Å². The third kappa shape index (κ3) is 2.10. The van der Waals surface area contributed by atoms with Crippen molar-refractivity contribution in [1.29, 1.82) is 0 Å². The van der Waals surface area contributed by atoms with Gasteiger partial charge in [0.15, 0.2) is 5.78 Å². The largest absolute Gasteiger partial charge is 0.295 e. The summed E-state index contributed by atoms with van der Waals surface area (Å²) in [6.07, 6.45) is 5.63. The maximum absolute atomic E-state index is 11.8. The molecule has 0 radical (unpaired) electrons. The Kier molecular flexibility index (Phi) is 3.52. The molecule has 3 atom stereocenters. The van der Waals surface area contributed by atoms with Crippen LogP contribution in [0.15, 0.2) is 11.6 Å². The van der Waals surface area contributed by atoms with Crippen molar-refractivity contribution in [3.63, 3.8) is 0 Å². The number of carbonyl (C=O) groups excluding carboxylic acids is 1. The summed E-state index contributed by atoms with van der Waals surface area (Å²) < 4.78 is 0.0254. The summed E-state index contributed by atoms with van der Waals surface area (Å²) in [7, 11) is 0. The average molecular weight is 334 g/mol. The summed E-state index contributed by atoms with van der Waals surface area (Å²) in [5, 5.41) is 0.113. The molecule has 0 bridgehead atoms.